The Morgan fingerprint density at radius 2 is 2.00 bits per heavy atom. The van der Waals surface area contributed by atoms with Crippen molar-refractivity contribution in [3.05, 3.63) is 29.8 Å². The molecule has 0 aliphatic carbocycles. The van der Waals surface area contributed by atoms with E-state index in [0.29, 0.717) is 4.90 Å². The second-order valence-corrected chi connectivity index (χ2v) is 3.47. The number of rotatable bonds is 3. The van der Waals surface area contributed by atoms with Crippen molar-refractivity contribution in [1.29, 1.82) is 0 Å². The van der Waals surface area contributed by atoms with Crippen LogP contribution in [0.4, 0.5) is 18.9 Å². The molecule has 0 saturated carbocycles. The predicted molar refractivity (Wildman–Crippen MR) is 57.3 cm³/mol. The van der Waals surface area contributed by atoms with Crippen LogP contribution in [0.3, 0.4) is 0 Å². The van der Waals surface area contributed by atoms with Crippen LogP contribution in [0, 0.1) is 0 Å². The molecule has 3 N–H and O–H groups in total. The van der Waals surface area contributed by atoms with Crippen LogP contribution < -0.4 is 11.3 Å². The van der Waals surface area contributed by atoms with Crippen molar-refractivity contribution in [2.24, 2.45) is 5.84 Å². The highest BCUT2D eigenvalue weighted by atomic mass is 19.4. The molecule has 0 aromatic heterocycles. The molecule has 0 aliphatic heterocycles. The molecule has 0 fully saturated rings. The summed E-state index contributed by atoms with van der Waals surface area (Å²) in [6.07, 6.45) is -4.42. The lowest BCUT2D eigenvalue weighted by molar-refractivity contribution is -0.138. The Kier molecular flexibility index (Phi) is 3.95. The van der Waals surface area contributed by atoms with Gasteiger partial charge in [-0.05, 0) is 12.1 Å². The number of carbonyl (C=O) groups is 1. The van der Waals surface area contributed by atoms with E-state index in [0.717, 1.165) is 7.05 Å². The normalized spacial score (nSPS) is 11.1. The molecule has 4 nitrogen and oxygen atoms in total. The van der Waals surface area contributed by atoms with Gasteiger partial charge < -0.3 is 10.3 Å². The number of para-hydroxylation sites is 1. The number of hydrogen-bond donors (Lipinski definition) is 2. The quantitative estimate of drug-likeness (QED) is 0.630. The maximum absolute atomic E-state index is 12.1. The minimum atomic E-state index is -4.42. The SMILES string of the molecule is CN(CC(F)(F)F)C(=O)c1ccccc1NN. The zero-order valence-electron chi connectivity index (χ0n) is 9.08. The highest BCUT2D eigenvalue weighted by molar-refractivity contribution is 5.99. The van der Waals surface area contributed by atoms with Gasteiger partial charge in [0.25, 0.3) is 5.91 Å². The van der Waals surface area contributed by atoms with Crippen molar-refractivity contribution in [3.8, 4) is 0 Å². The molecule has 0 atom stereocenters. The first kappa shape index (κ1) is 13.3. The van der Waals surface area contributed by atoms with E-state index in [1.165, 1.54) is 12.1 Å². The van der Waals surface area contributed by atoms with E-state index in [1.54, 1.807) is 12.1 Å². The van der Waals surface area contributed by atoms with Crippen LogP contribution in [0.25, 0.3) is 0 Å². The molecule has 0 aliphatic rings. The van der Waals surface area contributed by atoms with Gasteiger partial charge in [-0.25, -0.2) is 0 Å². The molecule has 0 saturated heterocycles. The first-order valence-electron chi connectivity index (χ1n) is 4.73. The largest absolute Gasteiger partial charge is 0.406 e. The molecule has 0 bridgehead atoms. The van der Waals surface area contributed by atoms with Crippen LogP contribution in [0.5, 0.6) is 0 Å². The van der Waals surface area contributed by atoms with E-state index < -0.39 is 18.6 Å². The molecule has 0 heterocycles. The molecule has 0 spiro atoms. The van der Waals surface area contributed by atoms with E-state index >= 15 is 0 Å². The first-order valence-corrected chi connectivity index (χ1v) is 4.73. The maximum atomic E-state index is 12.1. The summed E-state index contributed by atoms with van der Waals surface area (Å²) in [6.45, 7) is -1.30. The Morgan fingerprint density at radius 1 is 1.41 bits per heavy atom. The summed E-state index contributed by atoms with van der Waals surface area (Å²) in [5, 5.41) is 0. The van der Waals surface area contributed by atoms with Gasteiger partial charge in [0, 0.05) is 7.05 Å². The minimum Gasteiger partial charge on any atom is -0.333 e. The number of nitrogens with zero attached hydrogens (tertiary/aromatic N) is 1. The smallest absolute Gasteiger partial charge is 0.333 e. The molecular weight excluding hydrogens is 235 g/mol. The molecule has 1 rings (SSSR count). The summed E-state index contributed by atoms with van der Waals surface area (Å²) in [7, 11) is 1.09. The highest BCUT2D eigenvalue weighted by Crippen LogP contribution is 2.19. The first-order chi connectivity index (χ1) is 7.85. The Morgan fingerprint density at radius 3 is 2.53 bits per heavy atom. The van der Waals surface area contributed by atoms with Gasteiger partial charge in [-0.3, -0.25) is 10.6 Å². The zero-order valence-corrected chi connectivity index (χ0v) is 9.08. The maximum Gasteiger partial charge on any atom is 0.406 e. The zero-order chi connectivity index (χ0) is 13.1. The lowest BCUT2D eigenvalue weighted by atomic mass is 10.1. The number of carbonyl (C=O) groups excluding carboxylic acids is 1. The number of hydrogen-bond acceptors (Lipinski definition) is 3. The number of anilines is 1. The Hall–Kier alpha value is -1.76. The van der Waals surface area contributed by atoms with E-state index in [9.17, 15) is 18.0 Å². The third-order valence-electron chi connectivity index (χ3n) is 2.08. The standard InChI is InChI=1S/C10H12F3N3O/c1-16(6-10(11,12)13)9(17)7-4-2-3-5-8(7)15-14/h2-5,15H,6,14H2,1H3. The minimum absolute atomic E-state index is 0.0988. The van der Waals surface area contributed by atoms with Gasteiger partial charge in [0.05, 0.1) is 11.3 Å². The Labute approximate surface area is 96.2 Å². The van der Waals surface area contributed by atoms with Crippen molar-refractivity contribution >= 4 is 11.6 Å². The van der Waals surface area contributed by atoms with Gasteiger partial charge in [-0.2, -0.15) is 13.2 Å². The van der Waals surface area contributed by atoms with Crippen molar-refractivity contribution in [2.75, 3.05) is 19.0 Å². The highest BCUT2D eigenvalue weighted by Gasteiger charge is 2.31. The molecule has 0 unspecified atom stereocenters. The van der Waals surface area contributed by atoms with E-state index in [1.807, 2.05) is 0 Å². The molecule has 1 aromatic carbocycles. The molecule has 17 heavy (non-hydrogen) atoms. The lowest BCUT2D eigenvalue weighted by Gasteiger charge is -2.20. The summed E-state index contributed by atoms with van der Waals surface area (Å²) in [5.41, 5.74) is 2.65. The van der Waals surface area contributed by atoms with Crippen LogP contribution in [-0.2, 0) is 0 Å². The van der Waals surface area contributed by atoms with Crippen LogP contribution >= 0.6 is 0 Å². The van der Waals surface area contributed by atoms with Gasteiger partial charge in [0.2, 0.25) is 0 Å². The Bertz CT molecular complexity index is 406. The molecular formula is C10H12F3N3O. The number of hydrazine groups is 1. The number of halogens is 3. The van der Waals surface area contributed by atoms with E-state index in [4.69, 9.17) is 5.84 Å². The number of amides is 1. The van der Waals surface area contributed by atoms with Crippen molar-refractivity contribution < 1.29 is 18.0 Å². The van der Waals surface area contributed by atoms with Gasteiger partial charge in [-0.1, -0.05) is 12.1 Å². The number of alkyl halides is 3. The molecule has 94 valence electrons. The van der Waals surface area contributed by atoms with E-state index in [-0.39, 0.29) is 11.3 Å². The van der Waals surface area contributed by atoms with E-state index in [2.05, 4.69) is 5.43 Å². The van der Waals surface area contributed by atoms with Crippen LogP contribution in [-0.4, -0.2) is 30.6 Å². The summed E-state index contributed by atoms with van der Waals surface area (Å²) in [5.74, 6) is 4.43. The van der Waals surface area contributed by atoms with Crippen LogP contribution in [0.15, 0.2) is 24.3 Å². The fourth-order valence-corrected chi connectivity index (χ4v) is 1.34. The van der Waals surface area contributed by atoms with Gasteiger partial charge in [0.1, 0.15) is 6.54 Å². The summed E-state index contributed by atoms with van der Waals surface area (Å²) < 4.78 is 36.4. The predicted octanol–water partition coefficient (Wildman–Crippen LogP) is 1.61. The third-order valence-corrected chi connectivity index (χ3v) is 2.08. The second kappa shape index (κ2) is 5.05. The summed E-state index contributed by atoms with van der Waals surface area (Å²) in [6, 6.07) is 6.09. The van der Waals surface area contributed by atoms with Crippen molar-refractivity contribution in [2.45, 2.75) is 6.18 Å². The number of benzene rings is 1. The van der Waals surface area contributed by atoms with Gasteiger partial charge in [0.15, 0.2) is 0 Å². The topological polar surface area (TPSA) is 58.4 Å². The number of nitrogen functional groups attached to an aromatic ring is 1. The van der Waals surface area contributed by atoms with Crippen LogP contribution in [0.1, 0.15) is 10.4 Å². The average Bonchev–Trinajstić information content (AvgIpc) is 2.25. The monoisotopic (exact) mass is 247 g/mol. The number of nitrogens with one attached hydrogen (secondary N) is 1. The molecule has 7 heteroatoms. The second-order valence-electron chi connectivity index (χ2n) is 3.47. The summed E-state index contributed by atoms with van der Waals surface area (Å²) >= 11 is 0. The molecule has 0 radical (unpaired) electrons. The third kappa shape index (κ3) is 3.63. The fourth-order valence-electron chi connectivity index (χ4n) is 1.34. The molecule has 1 amide bonds. The average molecular weight is 247 g/mol. The molecule has 1 aromatic rings. The number of nitrogens with two attached hydrogens (primary N) is 1. The van der Waals surface area contributed by atoms with Crippen molar-refractivity contribution in [1.82, 2.24) is 4.90 Å². The summed E-state index contributed by atoms with van der Waals surface area (Å²) in [4.78, 5) is 12.3. The van der Waals surface area contributed by atoms with Gasteiger partial charge in [-0.15, -0.1) is 0 Å². The Balaban J connectivity index is 2.89. The van der Waals surface area contributed by atoms with Gasteiger partial charge >= 0.3 is 6.18 Å². The lowest BCUT2D eigenvalue weighted by Crippen LogP contribution is -2.36. The van der Waals surface area contributed by atoms with Crippen molar-refractivity contribution in [3.63, 3.8) is 0 Å². The fraction of sp³-hybridized carbons (Fsp3) is 0.300. The van der Waals surface area contributed by atoms with Crippen LogP contribution in [0.2, 0.25) is 0 Å².